The Bertz CT molecular complexity index is 1110. The minimum atomic E-state index is -0.375. The van der Waals surface area contributed by atoms with Crippen LogP contribution in [-0.2, 0) is 11.2 Å². The topological polar surface area (TPSA) is 66.8 Å². The van der Waals surface area contributed by atoms with Crippen LogP contribution in [0, 0.1) is 0 Å². The van der Waals surface area contributed by atoms with Crippen molar-refractivity contribution >= 4 is 29.0 Å². The number of aromatic hydroxyl groups is 1. The lowest BCUT2D eigenvalue weighted by Gasteiger charge is -2.13. The summed E-state index contributed by atoms with van der Waals surface area (Å²) >= 11 is 0.873. The zero-order valence-corrected chi connectivity index (χ0v) is 17.5. The van der Waals surface area contributed by atoms with Gasteiger partial charge in [-0.2, -0.15) is 0 Å². The van der Waals surface area contributed by atoms with Crippen LogP contribution in [0.1, 0.15) is 16.7 Å². The number of ether oxygens (including phenoxy) is 1. The van der Waals surface area contributed by atoms with Crippen LogP contribution in [0.5, 0.6) is 11.5 Å². The number of phenolic OH excluding ortho intramolecular Hbond substituents is 1. The predicted molar refractivity (Wildman–Crippen MR) is 122 cm³/mol. The van der Waals surface area contributed by atoms with Gasteiger partial charge in [0.2, 0.25) is 0 Å². The number of phenols is 1. The number of hydrogen-bond acceptors (Lipinski definition) is 5. The number of carbonyl (C=O) groups excluding carboxylic acids is 2. The van der Waals surface area contributed by atoms with Crippen molar-refractivity contribution in [1.29, 1.82) is 0 Å². The number of imide groups is 1. The minimum Gasteiger partial charge on any atom is -0.507 e. The third-order valence-corrected chi connectivity index (χ3v) is 5.74. The fourth-order valence-electron chi connectivity index (χ4n) is 3.27. The van der Waals surface area contributed by atoms with E-state index in [-0.39, 0.29) is 35.0 Å². The largest absolute Gasteiger partial charge is 0.507 e. The molecule has 0 aliphatic carbocycles. The molecule has 1 fully saturated rings. The first-order chi connectivity index (χ1) is 15.1. The van der Waals surface area contributed by atoms with E-state index in [0.717, 1.165) is 22.9 Å². The predicted octanol–water partition coefficient (Wildman–Crippen LogP) is 5.10. The van der Waals surface area contributed by atoms with Gasteiger partial charge in [-0.3, -0.25) is 14.5 Å². The summed E-state index contributed by atoms with van der Waals surface area (Å²) in [6.45, 7) is 0.379. The van der Waals surface area contributed by atoms with Gasteiger partial charge < -0.3 is 9.84 Å². The second-order valence-corrected chi connectivity index (χ2v) is 8.04. The van der Waals surface area contributed by atoms with Crippen molar-refractivity contribution in [1.82, 2.24) is 4.90 Å². The average molecular weight is 432 g/mol. The smallest absolute Gasteiger partial charge is 0.293 e. The first kappa shape index (κ1) is 20.8. The van der Waals surface area contributed by atoms with Gasteiger partial charge in [0, 0.05) is 5.56 Å². The summed E-state index contributed by atoms with van der Waals surface area (Å²) in [6, 6.07) is 24.5. The molecule has 0 bridgehead atoms. The molecule has 0 atom stereocenters. The molecule has 0 spiro atoms. The fourth-order valence-corrected chi connectivity index (χ4v) is 4.12. The fraction of sp³-hybridized carbons (Fsp3) is 0.120. The molecule has 2 amide bonds. The van der Waals surface area contributed by atoms with Crippen molar-refractivity contribution in [3.8, 4) is 11.5 Å². The molecule has 156 valence electrons. The van der Waals surface area contributed by atoms with Gasteiger partial charge in [-0.25, -0.2) is 0 Å². The highest BCUT2D eigenvalue weighted by atomic mass is 32.2. The molecule has 1 aliphatic rings. The number of nitrogens with zero attached hydrogens (tertiary/aromatic N) is 1. The quantitative estimate of drug-likeness (QED) is 0.527. The third-order valence-electron chi connectivity index (χ3n) is 4.83. The molecule has 1 saturated heterocycles. The number of para-hydroxylation sites is 1. The summed E-state index contributed by atoms with van der Waals surface area (Å²) in [5, 5.41) is 9.92. The molecule has 0 saturated carbocycles. The van der Waals surface area contributed by atoms with Crippen LogP contribution in [0.4, 0.5) is 4.79 Å². The van der Waals surface area contributed by atoms with E-state index in [4.69, 9.17) is 4.74 Å². The maximum Gasteiger partial charge on any atom is 0.293 e. The number of carbonyl (C=O) groups is 2. The Labute approximate surface area is 185 Å². The summed E-state index contributed by atoms with van der Waals surface area (Å²) in [5.74, 6) is 0.376. The zero-order valence-electron chi connectivity index (χ0n) is 16.7. The molecular weight excluding hydrogens is 410 g/mol. The van der Waals surface area contributed by atoms with Crippen molar-refractivity contribution in [2.45, 2.75) is 6.42 Å². The molecule has 4 rings (SSSR count). The Hall–Kier alpha value is -3.51. The number of amides is 2. The molecule has 5 nitrogen and oxygen atoms in total. The van der Waals surface area contributed by atoms with Gasteiger partial charge in [0.1, 0.15) is 18.1 Å². The van der Waals surface area contributed by atoms with E-state index in [1.54, 1.807) is 12.1 Å². The molecule has 3 aromatic carbocycles. The van der Waals surface area contributed by atoms with Crippen molar-refractivity contribution in [3.05, 3.63) is 100 Å². The average Bonchev–Trinajstić information content (AvgIpc) is 3.05. The number of benzene rings is 3. The van der Waals surface area contributed by atoms with E-state index in [2.05, 4.69) is 0 Å². The van der Waals surface area contributed by atoms with Gasteiger partial charge in [-0.05, 0) is 59.7 Å². The summed E-state index contributed by atoms with van der Waals surface area (Å²) in [6.07, 6.45) is 2.28. The lowest BCUT2D eigenvalue weighted by Crippen LogP contribution is -2.32. The van der Waals surface area contributed by atoms with Gasteiger partial charge >= 0.3 is 0 Å². The van der Waals surface area contributed by atoms with Gasteiger partial charge in [0.05, 0.1) is 11.4 Å². The molecule has 0 aromatic heterocycles. The van der Waals surface area contributed by atoms with Crippen LogP contribution in [0.25, 0.3) is 6.08 Å². The Morgan fingerprint density at radius 2 is 1.61 bits per heavy atom. The normalized spacial score (nSPS) is 15.0. The second-order valence-electron chi connectivity index (χ2n) is 7.05. The van der Waals surface area contributed by atoms with Crippen LogP contribution in [0.15, 0.2) is 83.8 Å². The van der Waals surface area contributed by atoms with Crippen LogP contribution in [0.3, 0.4) is 0 Å². The first-order valence-corrected chi connectivity index (χ1v) is 10.7. The molecule has 1 heterocycles. The van der Waals surface area contributed by atoms with Gasteiger partial charge in [0.25, 0.3) is 11.1 Å². The van der Waals surface area contributed by atoms with E-state index >= 15 is 0 Å². The maximum atomic E-state index is 12.7. The SMILES string of the molecule is O=C1S/C(=C\c2cc(Cc3ccccc3)ccc2O)C(=O)N1CCOc1ccccc1. The molecule has 6 heteroatoms. The van der Waals surface area contributed by atoms with Crippen molar-refractivity contribution in [3.63, 3.8) is 0 Å². The van der Waals surface area contributed by atoms with E-state index < -0.39 is 0 Å². The first-order valence-electron chi connectivity index (χ1n) is 9.89. The van der Waals surface area contributed by atoms with Crippen LogP contribution in [0.2, 0.25) is 0 Å². The summed E-state index contributed by atoms with van der Waals surface area (Å²) in [5.41, 5.74) is 2.67. The van der Waals surface area contributed by atoms with Gasteiger partial charge in [0.15, 0.2) is 0 Å². The molecular formula is C25H21NO4S. The van der Waals surface area contributed by atoms with Gasteiger partial charge in [-0.15, -0.1) is 0 Å². The number of hydrogen-bond donors (Lipinski definition) is 1. The molecule has 3 aromatic rings. The highest BCUT2D eigenvalue weighted by Gasteiger charge is 2.35. The van der Waals surface area contributed by atoms with E-state index in [9.17, 15) is 14.7 Å². The van der Waals surface area contributed by atoms with Crippen molar-refractivity contribution in [2.24, 2.45) is 0 Å². The van der Waals surface area contributed by atoms with E-state index in [1.807, 2.05) is 72.8 Å². The molecule has 1 aliphatic heterocycles. The van der Waals surface area contributed by atoms with Crippen molar-refractivity contribution in [2.75, 3.05) is 13.2 Å². The highest BCUT2D eigenvalue weighted by molar-refractivity contribution is 8.18. The standard InChI is InChI=1S/C25H21NO4S/c27-22-12-11-19(15-18-7-3-1-4-8-18)16-20(22)17-23-24(28)26(25(29)31-23)13-14-30-21-9-5-2-6-10-21/h1-12,16-17,27H,13-15H2/b23-17-. The Morgan fingerprint density at radius 1 is 0.903 bits per heavy atom. The van der Waals surface area contributed by atoms with Crippen LogP contribution < -0.4 is 4.74 Å². The Morgan fingerprint density at radius 3 is 2.35 bits per heavy atom. The molecule has 1 N–H and O–H groups in total. The number of rotatable bonds is 7. The lowest BCUT2D eigenvalue weighted by molar-refractivity contribution is -0.123. The zero-order chi connectivity index (χ0) is 21.6. The summed E-state index contributed by atoms with van der Waals surface area (Å²) < 4.78 is 5.59. The Kier molecular flexibility index (Phi) is 6.38. The third kappa shape index (κ3) is 5.16. The highest BCUT2D eigenvalue weighted by Crippen LogP contribution is 2.34. The summed E-state index contributed by atoms with van der Waals surface area (Å²) in [4.78, 5) is 26.5. The molecule has 31 heavy (non-hydrogen) atoms. The molecule has 0 unspecified atom stereocenters. The second kappa shape index (κ2) is 9.53. The lowest BCUT2D eigenvalue weighted by atomic mass is 10.0. The summed E-state index contributed by atoms with van der Waals surface area (Å²) in [7, 11) is 0. The van der Waals surface area contributed by atoms with E-state index in [0.29, 0.717) is 17.7 Å². The van der Waals surface area contributed by atoms with Crippen LogP contribution >= 0.6 is 11.8 Å². The minimum absolute atomic E-state index is 0.0658. The van der Waals surface area contributed by atoms with Gasteiger partial charge in [-0.1, -0.05) is 54.6 Å². The Balaban J connectivity index is 1.45. The molecule has 0 radical (unpaired) electrons. The van der Waals surface area contributed by atoms with Crippen LogP contribution in [-0.4, -0.2) is 34.3 Å². The number of thioether (sulfide) groups is 1. The van der Waals surface area contributed by atoms with Crippen molar-refractivity contribution < 1.29 is 19.4 Å². The van der Waals surface area contributed by atoms with E-state index in [1.165, 1.54) is 4.90 Å². The monoisotopic (exact) mass is 431 g/mol. The maximum absolute atomic E-state index is 12.7.